The fraction of sp³-hybridized carbons (Fsp3) is 0.389. The standard InChI is InChI=1S/C18H19N7O3/c19-16(26)10-1-2-11(7-10)21-18-20-9-13-17(22-18)25(24-23-13)12-3-4-14-15(8-12)28-6-5-27-14/h3-4,8-11H,1-2,5-7H2,(H2,19,26)(H,20,21,22)/t10-,11?/m1/s1. The molecule has 0 saturated heterocycles. The van der Waals surface area contributed by atoms with Crippen LogP contribution in [0.1, 0.15) is 19.3 Å². The molecule has 3 N–H and O–H groups in total. The Morgan fingerprint density at radius 3 is 2.89 bits per heavy atom. The molecule has 3 aromatic rings. The molecule has 1 aromatic carbocycles. The summed E-state index contributed by atoms with van der Waals surface area (Å²) in [5, 5.41) is 11.6. The van der Waals surface area contributed by atoms with Crippen LogP contribution in [-0.2, 0) is 4.79 Å². The molecule has 2 atom stereocenters. The van der Waals surface area contributed by atoms with Gasteiger partial charge >= 0.3 is 0 Å². The topological polar surface area (TPSA) is 130 Å². The van der Waals surface area contributed by atoms with Crippen LogP contribution >= 0.6 is 0 Å². The summed E-state index contributed by atoms with van der Waals surface area (Å²) in [5.74, 6) is 1.52. The van der Waals surface area contributed by atoms with Crippen molar-refractivity contribution in [2.24, 2.45) is 11.7 Å². The highest BCUT2D eigenvalue weighted by Crippen LogP contribution is 2.32. The predicted octanol–water partition coefficient (Wildman–Crippen LogP) is 1.05. The van der Waals surface area contributed by atoms with E-state index < -0.39 is 0 Å². The summed E-state index contributed by atoms with van der Waals surface area (Å²) < 4.78 is 12.9. The van der Waals surface area contributed by atoms with Crippen molar-refractivity contribution in [2.45, 2.75) is 25.3 Å². The molecule has 10 nitrogen and oxygen atoms in total. The largest absolute Gasteiger partial charge is 0.486 e. The van der Waals surface area contributed by atoms with Gasteiger partial charge in [-0.05, 0) is 31.4 Å². The van der Waals surface area contributed by atoms with Crippen LogP contribution in [0.2, 0.25) is 0 Å². The Balaban J connectivity index is 1.43. The van der Waals surface area contributed by atoms with Gasteiger partial charge in [-0.2, -0.15) is 9.67 Å². The smallest absolute Gasteiger partial charge is 0.225 e. The van der Waals surface area contributed by atoms with Gasteiger partial charge < -0.3 is 20.5 Å². The van der Waals surface area contributed by atoms with Crippen LogP contribution in [0.25, 0.3) is 16.9 Å². The van der Waals surface area contributed by atoms with E-state index in [1.807, 2.05) is 18.2 Å². The summed E-state index contributed by atoms with van der Waals surface area (Å²) >= 11 is 0. The van der Waals surface area contributed by atoms with Gasteiger partial charge in [0.15, 0.2) is 22.7 Å². The molecule has 1 fully saturated rings. The highest BCUT2D eigenvalue weighted by atomic mass is 16.6. The maximum absolute atomic E-state index is 11.4. The second-order valence-corrected chi connectivity index (χ2v) is 6.99. The van der Waals surface area contributed by atoms with E-state index in [-0.39, 0.29) is 17.9 Å². The van der Waals surface area contributed by atoms with Gasteiger partial charge in [0.25, 0.3) is 0 Å². The first-order chi connectivity index (χ1) is 13.7. The van der Waals surface area contributed by atoms with Gasteiger partial charge in [0, 0.05) is 18.0 Å². The molecular weight excluding hydrogens is 362 g/mol. The number of nitrogens with two attached hydrogens (primary N) is 1. The Kier molecular flexibility index (Phi) is 3.96. The van der Waals surface area contributed by atoms with Crippen LogP contribution in [0, 0.1) is 5.92 Å². The minimum Gasteiger partial charge on any atom is -0.486 e. The number of hydrogen-bond acceptors (Lipinski definition) is 8. The first-order valence-corrected chi connectivity index (χ1v) is 9.22. The predicted molar refractivity (Wildman–Crippen MR) is 99.4 cm³/mol. The van der Waals surface area contributed by atoms with E-state index in [1.54, 1.807) is 10.9 Å². The molecule has 1 amide bonds. The van der Waals surface area contributed by atoms with E-state index in [0.29, 0.717) is 48.2 Å². The monoisotopic (exact) mass is 381 g/mol. The zero-order chi connectivity index (χ0) is 19.1. The number of nitrogens with zero attached hydrogens (tertiary/aromatic N) is 5. The average molecular weight is 381 g/mol. The number of rotatable bonds is 4. The van der Waals surface area contributed by atoms with Crippen molar-refractivity contribution in [3.05, 3.63) is 24.4 Å². The number of nitrogens with one attached hydrogen (secondary N) is 1. The number of carbonyl (C=O) groups excluding carboxylic acids is 1. The van der Waals surface area contributed by atoms with Crippen LogP contribution in [-0.4, -0.2) is 50.1 Å². The SMILES string of the molecule is NC(=O)[C@@H]1CCC(Nc2ncc3nnn(-c4ccc5c(c4)OCCO5)c3n2)C1. The molecule has 5 rings (SSSR count). The molecule has 1 aliphatic carbocycles. The van der Waals surface area contributed by atoms with E-state index in [2.05, 4.69) is 25.6 Å². The van der Waals surface area contributed by atoms with E-state index in [1.165, 1.54) is 0 Å². The molecule has 3 heterocycles. The number of carbonyl (C=O) groups is 1. The summed E-state index contributed by atoms with van der Waals surface area (Å²) in [6.07, 6.45) is 3.96. The van der Waals surface area contributed by atoms with E-state index >= 15 is 0 Å². The number of fused-ring (bicyclic) bond motifs is 2. The van der Waals surface area contributed by atoms with Crippen LogP contribution in [0.4, 0.5) is 5.95 Å². The number of hydrogen-bond donors (Lipinski definition) is 2. The lowest BCUT2D eigenvalue weighted by Crippen LogP contribution is -2.23. The quantitative estimate of drug-likeness (QED) is 0.686. The number of amides is 1. The Hall–Kier alpha value is -3.43. The maximum atomic E-state index is 11.4. The van der Waals surface area contributed by atoms with Gasteiger partial charge in [-0.15, -0.1) is 5.10 Å². The van der Waals surface area contributed by atoms with Gasteiger partial charge in [0.1, 0.15) is 13.2 Å². The minimum atomic E-state index is -0.249. The number of primary amides is 1. The lowest BCUT2D eigenvalue weighted by Gasteiger charge is -2.18. The van der Waals surface area contributed by atoms with E-state index in [9.17, 15) is 4.79 Å². The normalized spacial score (nSPS) is 21.0. The van der Waals surface area contributed by atoms with Crippen LogP contribution in [0.3, 0.4) is 0 Å². The molecule has 2 aromatic heterocycles. The first kappa shape index (κ1) is 16.7. The summed E-state index contributed by atoms with van der Waals surface area (Å²) in [4.78, 5) is 20.3. The molecule has 0 bridgehead atoms. The summed E-state index contributed by atoms with van der Waals surface area (Å²) in [5.41, 5.74) is 7.35. The van der Waals surface area contributed by atoms with Gasteiger partial charge in [-0.3, -0.25) is 4.79 Å². The van der Waals surface area contributed by atoms with Gasteiger partial charge in [0.2, 0.25) is 11.9 Å². The summed E-state index contributed by atoms with van der Waals surface area (Å²) in [6.45, 7) is 1.05. The summed E-state index contributed by atoms with van der Waals surface area (Å²) in [6, 6.07) is 5.70. The molecule has 1 unspecified atom stereocenters. The first-order valence-electron chi connectivity index (χ1n) is 9.22. The van der Waals surface area contributed by atoms with Crippen LogP contribution in [0.5, 0.6) is 11.5 Å². The third kappa shape index (κ3) is 2.96. The average Bonchev–Trinajstić information content (AvgIpc) is 3.34. The van der Waals surface area contributed by atoms with Crippen molar-refractivity contribution in [1.82, 2.24) is 25.0 Å². The summed E-state index contributed by atoms with van der Waals surface area (Å²) in [7, 11) is 0. The Labute approximate surface area is 160 Å². The van der Waals surface area contributed by atoms with Crippen molar-refractivity contribution in [3.8, 4) is 17.2 Å². The third-order valence-corrected chi connectivity index (χ3v) is 5.13. The molecule has 1 saturated carbocycles. The lowest BCUT2D eigenvalue weighted by atomic mass is 10.1. The number of aromatic nitrogens is 5. The highest BCUT2D eigenvalue weighted by Gasteiger charge is 2.29. The number of ether oxygens (including phenoxy) is 2. The molecule has 28 heavy (non-hydrogen) atoms. The number of benzene rings is 1. The van der Waals surface area contributed by atoms with Crippen molar-refractivity contribution >= 4 is 23.0 Å². The zero-order valence-corrected chi connectivity index (χ0v) is 15.0. The van der Waals surface area contributed by atoms with E-state index in [4.69, 9.17) is 15.2 Å². The Morgan fingerprint density at radius 1 is 1.21 bits per heavy atom. The lowest BCUT2D eigenvalue weighted by molar-refractivity contribution is -0.121. The van der Waals surface area contributed by atoms with Gasteiger partial charge in [0.05, 0.1) is 11.9 Å². The molecule has 1 aliphatic heterocycles. The Morgan fingerprint density at radius 2 is 2.07 bits per heavy atom. The molecule has 144 valence electrons. The fourth-order valence-corrected chi connectivity index (χ4v) is 3.69. The zero-order valence-electron chi connectivity index (χ0n) is 15.0. The minimum absolute atomic E-state index is 0.0915. The van der Waals surface area contributed by atoms with Crippen molar-refractivity contribution in [2.75, 3.05) is 18.5 Å². The van der Waals surface area contributed by atoms with Crippen LogP contribution < -0.4 is 20.5 Å². The Bertz CT molecular complexity index is 1050. The molecule has 0 spiro atoms. The van der Waals surface area contributed by atoms with Crippen molar-refractivity contribution < 1.29 is 14.3 Å². The van der Waals surface area contributed by atoms with Gasteiger partial charge in [-0.1, -0.05) is 5.21 Å². The van der Waals surface area contributed by atoms with Gasteiger partial charge in [-0.25, -0.2) is 4.98 Å². The fourth-order valence-electron chi connectivity index (χ4n) is 3.69. The molecular formula is C18H19N7O3. The van der Waals surface area contributed by atoms with Crippen molar-refractivity contribution in [1.29, 1.82) is 0 Å². The number of anilines is 1. The van der Waals surface area contributed by atoms with Crippen molar-refractivity contribution in [3.63, 3.8) is 0 Å². The molecule has 10 heteroatoms. The third-order valence-electron chi connectivity index (χ3n) is 5.13. The second kappa shape index (κ2) is 6.63. The maximum Gasteiger partial charge on any atom is 0.225 e. The molecule has 0 radical (unpaired) electrons. The molecule has 2 aliphatic rings. The highest BCUT2D eigenvalue weighted by molar-refractivity contribution is 5.77. The second-order valence-electron chi connectivity index (χ2n) is 6.99. The van der Waals surface area contributed by atoms with Crippen LogP contribution in [0.15, 0.2) is 24.4 Å². The van der Waals surface area contributed by atoms with E-state index in [0.717, 1.165) is 18.5 Å².